The Kier molecular flexibility index (Phi) is 6.94. The molecule has 0 bridgehead atoms. The van der Waals surface area contributed by atoms with Crippen molar-refractivity contribution in [3.05, 3.63) is 58.6 Å². The zero-order chi connectivity index (χ0) is 16.5. The first kappa shape index (κ1) is 17.3. The maximum atomic E-state index is 11.7. The number of rotatable bonds is 8. The molecule has 0 aliphatic carbocycles. The second kappa shape index (κ2) is 9.20. The smallest absolute Gasteiger partial charge is 0.257 e. The molecule has 2 aromatic carbocycles. The summed E-state index contributed by atoms with van der Waals surface area (Å²) in [5.41, 5.74) is 1.15. The number of carbonyl (C=O) groups excluding carboxylic acids is 1. The minimum Gasteiger partial charge on any atom is -0.496 e. The summed E-state index contributed by atoms with van der Waals surface area (Å²) >= 11 is 3.35. The second-order valence-electron chi connectivity index (χ2n) is 5.01. The number of amides is 1. The van der Waals surface area contributed by atoms with Crippen LogP contribution in [0.5, 0.6) is 11.5 Å². The van der Waals surface area contributed by atoms with Crippen LogP contribution in [0.15, 0.2) is 53.0 Å². The number of hydrogen-bond donors (Lipinski definition) is 1. The summed E-state index contributed by atoms with van der Waals surface area (Å²) in [6, 6.07) is 15.3. The van der Waals surface area contributed by atoms with Crippen LogP contribution in [0.3, 0.4) is 0 Å². The van der Waals surface area contributed by atoms with Crippen molar-refractivity contribution in [2.45, 2.75) is 12.8 Å². The SMILES string of the molecule is COc1ccccc1CCCNC(=O)COc1ccc(Br)cc1. The Balaban J connectivity index is 1.66. The van der Waals surface area contributed by atoms with Gasteiger partial charge in [-0.25, -0.2) is 0 Å². The number of methoxy groups -OCH3 is 1. The number of aryl methyl sites for hydroxylation is 1. The van der Waals surface area contributed by atoms with E-state index in [1.54, 1.807) is 7.11 Å². The van der Waals surface area contributed by atoms with E-state index in [0.717, 1.165) is 28.6 Å². The largest absolute Gasteiger partial charge is 0.496 e. The third kappa shape index (κ3) is 5.94. The highest BCUT2D eigenvalue weighted by molar-refractivity contribution is 9.10. The number of ether oxygens (including phenoxy) is 2. The van der Waals surface area contributed by atoms with Crippen LogP contribution < -0.4 is 14.8 Å². The van der Waals surface area contributed by atoms with E-state index < -0.39 is 0 Å². The molecule has 0 aromatic heterocycles. The summed E-state index contributed by atoms with van der Waals surface area (Å²) in [4.78, 5) is 11.7. The first-order chi connectivity index (χ1) is 11.2. The lowest BCUT2D eigenvalue weighted by atomic mass is 10.1. The molecule has 0 spiro atoms. The van der Waals surface area contributed by atoms with E-state index >= 15 is 0 Å². The second-order valence-corrected chi connectivity index (χ2v) is 5.92. The molecule has 23 heavy (non-hydrogen) atoms. The van der Waals surface area contributed by atoms with E-state index in [1.807, 2.05) is 48.5 Å². The molecule has 0 atom stereocenters. The van der Waals surface area contributed by atoms with Gasteiger partial charge in [-0.1, -0.05) is 34.1 Å². The van der Waals surface area contributed by atoms with Crippen LogP contribution >= 0.6 is 15.9 Å². The molecular weight excluding hydrogens is 358 g/mol. The van der Waals surface area contributed by atoms with E-state index in [-0.39, 0.29) is 12.5 Å². The minimum absolute atomic E-state index is 0.0241. The highest BCUT2D eigenvalue weighted by atomic mass is 79.9. The van der Waals surface area contributed by atoms with Crippen LogP contribution in [0.25, 0.3) is 0 Å². The van der Waals surface area contributed by atoms with Crippen molar-refractivity contribution in [2.75, 3.05) is 20.3 Å². The molecule has 0 fully saturated rings. The van der Waals surface area contributed by atoms with E-state index in [9.17, 15) is 4.79 Å². The normalized spacial score (nSPS) is 10.2. The van der Waals surface area contributed by atoms with Crippen LogP contribution in [0.2, 0.25) is 0 Å². The maximum absolute atomic E-state index is 11.7. The van der Waals surface area contributed by atoms with E-state index in [4.69, 9.17) is 9.47 Å². The predicted molar refractivity (Wildman–Crippen MR) is 94.0 cm³/mol. The summed E-state index contributed by atoms with van der Waals surface area (Å²) < 4.78 is 11.7. The van der Waals surface area contributed by atoms with Gasteiger partial charge in [-0.05, 0) is 48.7 Å². The number of benzene rings is 2. The number of hydrogen-bond acceptors (Lipinski definition) is 3. The van der Waals surface area contributed by atoms with Gasteiger partial charge < -0.3 is 14.8 Å². The Morgan fingerprint density at radius 3 is 2.61 bits per heavy atom. The third-order valence-corrected chi connectivity index (χ3v) is 3.85. The molecule has 0 heterocycles. The van der Waals surface area contributed by atoms with E-state index in [2.05, 4.69) is 21.2 Å². The Bertz CT molecular complexity index is 628. The fourth-order valence-corrected chi connectivity index (χ4v) is 2.41. The lowest BCUT2D eigenvalue weighted by Crippen LogP contribution is -2.29. The summed E-state index contributed by atoms with van der Waals surface area (Å²) in [5.74, 6) is 1.45. The molecule has 0 radical (unpaired) electrons. The molecule has 0 saturated carbocycles. The van der Waals surface area contributed by atoms with Crippen molar-refractivity contribution >= 4 is 21.8 Å². The molecule has 1 N–H and O–H groups in total. The van der Waals surface area contributed by atoms with Crippen LogP contribution in [-0.2, 0) is 11.2 Å². The van der Waals surface area contributed by atoms with Gasteiger partial charge in [0.1, 0.15) is 11.5 Å². The van der Waals surface area contributed by atoms with Crippen molar-refractivity contribution in [1.82, 2.24) is 5.32 Å². The van der Waals surface area contributed by atoms with Crippen LogP contribution in [0.4, 0.5) is 0 Å². The number of halogens is 1. The lowest BCUT2D eigenvalue weighted by molar-refractivity contribution is -0.123. The van der Waals surface area contributed by atoms with Crippen molar-refractivity contribution in [2.24, 2.45) is 0 Å². The molecule has 122 valence electrons. The van der Waals surface area contributed by atoms with Gasteiger partial charge in [0, 0.05) is 11.0 Å². The topological polar surface area (TPSA) is 47.6 Å². The third-order valence-electron chi connectivity index (χ3n) is 3.32. The van der Waals surface area contributed by atoms with Crippen molar-refractivity contribution in [1.29, 1.82) is 0 Å². The monoisotopic (exact) mass is 377 g/mol. The number of para-hydroxylation sites is 1. The Labute approximate surface area is 144 Å². The van der Waals surface area contributed by atoms with E-state index in [0.29, 0.717) is 12.3 Å². The van der Waals surface area contributed by atoms with E-state index in [1.165, 1.54) is 0 Å². The average Bonchev–Trinajstić information content (AvgIpc) is 2.58. The first-order valence-corrected chi connectivity index (χ1v) is 8.25. The first-order valence-electron chi connectivity index (χ1n) is 7.46. The highest BCUT2D eigenvalue weighted by Gasteiger charge is 2.04. The Morgan fingerprint density at radius 1 is 1.13 bits per heavy atom. The predicted octanol–water partition coefficient (Wildman–Crippen LogP) is 3.59. The molecule has 0 saturated heterocycles. The zero-order valence-corrected chi connectivity index (χ0v) is 14.6. The van der Waals surface area contributed by atoms with Crippen molar-refractivity contribution in [3.63, 3.8) is 0 Å². The highest BCUT2D eigenvalue weighted by Crippen LogP contribution is 2.18. The summed E-state index contributed by atoms with van der Waals surface area (Å²) in [7, 11) is 1.67. The Morgan fingerprint density at radius 2 is 1.87 bits per heavy atom. The fraction of sp³-hybridized carbons (Fsp3) is 0.278. The molecule has 1 amide bonds. The standard InChI is InChI=1S/C18H20BrNO3/c1-22-17-7-3-2-5-14(17)6-4-12-20-18(21)13-23-16-10-8-15(19)9-11-16/h2-3,5,7-11H,4,6,12-13H2,1H3,(H,20,21). The molecule has 2 aromatic rings. The maximum Gasteiger partial charge on any atom is 0.257 e. The van der Waals surface area contributed by atoms with Gasteiger partial charge in [-0.3, -0.25) is 4.79 Å². The summed E-state index contributed by atoms with van der Waals surface area (Å²) in [6.45, 7) is 0.636. The van der Waals surface area contributed by atoms with Gasteiger partial charge in [0.05, 0.1) is 7.11 Å². The van der Waals surface area contributed by atoms with Gasteiger partial charge >= 0.3 is 0 Å². The van der Waals surface area contributed by atoms with Gasteiger partial charge in [0.2, 0.25) is 0 Å². The molecular formula is C18H20BrNO3. The summed E-state index contributed by atoms with van der Waals surface area (Å²) in [5, 5.41) is 2.86. The molecule has 4 nitrogen and oxygen atoms in total. The average molecular weight is 378 g/mol. The molecule has 0 unspecified atom stereocenters. The number of carbonyl (C=O) groups is 1. The Hall–Kier alpha value is -2.01. The van der Waals surface area contributed by atoms with Crippen LogP contribution in [0.1, 0.15) is 12.0 Å². The molecule has 0 aliphatic heterocycles. The summed E-state index contributed by atoms with van der Waals surface area (Å²) in [6.07, 6.45) is 1.71. The minimum atomic E-state index is -0.118. The zero-order valence-electron chi connectivity index (χ0n) is 13.0. The van der Waals surface area contributed by atoms with Gasteiger partial charge in [0.25, 0.3) is 5.91 Å². The van der Waals surface area contributed by atoms with Crippen LogP contribution in [-0.4, -0.2) is 26.2 Å². The van der Waals surface area contributed by atoms with Crippen molar-refractivity contribution < 1.29 is 14.3 Å². The molecule has 2 rings (SSSR count). The molecule has 5 heteroatoms. The van der Waals surface area contributed by atoms with Gasteiger partial charge in [-0.15, -0.1) is 0 Å². The van der Waals surface area contributed by atoms with Gasteiger partial charge in [0.15, 0.2) is 6.61 Å². The number of nitrogens with one attached hydrogen (secondary N) is 1. The fourth-order valence-electron chi connectivity index (χ4n) is 2.15. The van der Waals surface area contributed by atoms with Gasteiger partial charge in [-0.2, -0.15) is 0 Å². The molecule has 0 aliphatic rings. The van der Waals surface area contributed by atoms with Crippen LogP contribution in [0, 0.1) is 0 Å². The van der Waals surface area contributed by atoms with Crippen molar-refractivity contribution in [3.8, 4) is 11.5 Å². The quantitative estimate of drug-likeness (QED) is 0.715. The lowest BCUT2D eigenvalue weighted by Gasteiger charge is -2.09.